The van der Waals surface area contributed by atoms with Gasteiger partial charge in [-0.05, 0) is 0 Å². The first kappa shape index (κ1) is 6.52. The van der Waals surface area contributed by atoms with E-state index in [1.165, 1.54) is 4.90 Å². The van der Waals surface area contributed by atoms with Crippen LogP contribution in [0.5, 0.6) is 0 Å². The standard InChI is InChI=1S/C6H10FNO/c1-2-6(9)8-3-5(7)4-8/h5H,2-4H2,1H3. The molecule has 0 aromatic heterocycles. The maximum Gasteiger partial charge on any atom is 0.222 e. The first-order valence-electron chi connectivity index (χ1n) is 3.16. The summed E-state index contributed by atoms with van der Waals surface area (Å²) in [5.41, 5.74) is 0. The Balaban J connectivity index is 2.23. The number of rotatable bonds is 1. The van der Waals surface area contributed by atoms with Crippen LogP contribution in [0.4, 0.5) is 4.39 Å². The average molecular weight is 131 g/mol. The lowest BCUT2D eigenvalue weighted by Gasteiger charge is -2.33. The molecular weight excluding hydrogens is 121 g/mol. The Hall–Kier alpha value is -0.600. The minimum Gasteiger partial charge on any atom is -0.337 e. The van der Waals surface area contributed by atoms with Crippen LogP contribution in [0, 0.1) is 0 Å². The molecule has 0 unspecified atom stereocenters. The molecule has 9 heavy (non-hydrogen) atoms. The van der Waals surface area contributed by atoms with Gasteiger partial charge in [-0.1, -0.05) is 6.92 Å². The average Bonchev–Trinajstić information content (AvgIpc) is 1.79. The van der Waals surface area contributed by atoms with Crippen LogP contribution in [0.3, 0.4) is 0 Å². The summed E-state index contributed by atoms with van der Waals surface area (Å²) in [5, 5.41) is 0. The monoisotopic (exact) mass is 131 g/mol. The molecule has 1 fully saturated rings. The van der Waals surface area contributed by atoms with Crippen LogP contribution in [0.15, 0.2) is 0 Å². The van der Waals surface area contributed by atoms with Crippen molar-refractivity contribution in [3.63, 3.8) is 0 Å². The van der Waals surface area contributed by atoms with E-state index in [1.54, 1.807) is 6.92 Å². The Morgan fingerprint density at radius 3 is 2.67 bits per heavy atom. The van der Waals surface area contributed by atoms with Gasteiger partial charge in [0.25, 0.3) is 0 Å². The fraction of sp³-hybridized carbons (Fsp3) is 0.833. The molecule has 1 aliphatic heterocycles. The van der Waals surface area contributed by atoms with Gasteiger partial charge in [0.2, 0.25) is 5.91 Å². The molecule has 1 saturated heterocycles. The van der Waals surface area contributed by atoms with E-state index in [1.807, 2.05) is 0 Å². The maximum absolute atomic E-state index is 12.1. The summed E-state index contributed by atoms with van der Waals surface area (Å²) in [6.45, 7) is 2.41. The highest BCUT2D eigenvalue weighted by molar-refractivity contribution is 5.76. The van der Waals surface area contributed by atoms with E-state index in [0.29, 0.717) is 19.5 Å². The third kappa shape index (κ3) is 1.20. The van der Waals surface area contributed by atoms with Crippen LogP contribution in [0.25, 0.3) is 0 Å². The largest absolute Gasteiger partial charge is 0.337 e. The zero-order chi connectivity index (χ0) is 6.85. The third-order valence-corrected chi connectivity index (χ3v) is 1.49. The smallest absolute Gasteiger partial charge is 0.222 e. The second kappa shape index (κ2) is 2.33. The quantitative estimate of drug-likeness (QED) is 0.509. The molecule has 0 saturated carbocycles. The van der Waals surface area contributed by atoms with Crippen molar-refractivity contribution in [2.24, 2.45) is 0 Å². The number of carbonyl (C=O) groups is 1. The molecule has 1 aliphatic rings. The first-order valence-corrected chi connectivity index (χ1v) is 3.16. The topological polar surface area (TPSA) is 20.3 Å². The van der Waals surface area contributed by atoms with Crippen LogP contribution in [0.2, 0.25) is 0 Å². The van der Waals surface area contributed by atoms with Gasteiger partial charge < -0.3 is 4.90 Å². The fourth-order valence-corrected chi connectivity index (χ4v) is 0.852. The highest BCUT2D eigenvalue weighted by Gasteiger charge is 2.28. The first-order chi connectivity index (χ1) is 4.24. The van der Waals surface area contributed by atoms with E-state index in [9.17, 15) is 9.18 Å². The number of hydrogen-bond acceptors (Lipinski definition) is 1. The normalized spacial score (nSPS) is 19.6. The summed E-state index contributed by atoms with van der Waals surface area (Å²) >= 11 is 0. The van der Waals surface area contributed by atoms with Crippen LogP contribution >= 0.6 is 0 Å². The van der Waals surface area contributed by atoms with Gasteiger partial charge in [0.05, 0.1) is 13.1 Å². The molecule has 0 aromatic rings. The lowest BCUT2D eigenvalue weighted by molar-refractivity contribution is -0.137. The summed E-state index contributed by atoms with van der Waals surface area (Å²) in [6, 6.07) is 0. The van der Waals surface area contributed by atoms with Crippen LogP contribution in [-0.4, -0.2) is 30.1 Å². The second-order valence-electron chi connectivity index (χ2n) is 2.25. The molecule has 0 spiro atoms. The Morgan fingerprint density at radius 2 is 2.33 bits per heavy atom. The molecule has 2 nitrogen and oxygen atoms in total. The van der Waals surface area contributed by atoms with Gasteiger partial charge in [-0.3, -0.25) is 4.79 Å². The Labute approximate surface area is 53.6 Å². The predicted molar refractivity (Wildman–Crippen MR) is 31.8 cm³/mol. The van der Waals surface area contributed by atoms with Crippen LogP contribution in [0.1, 0.15) is 13.3 Å². The van der Waals surface area contributed by atoms with Crippen molar-refractivity contribution in [3.05, 3.63) is 0 Å². The van der Waals surface area contributed by atoms with E-state index in [0.717, 1.165) is 0 Å². The third-order valence-electron chi connectivity index (χ3n) is 1.49. The number of alkyl halides is 1. The Bertz CT molecular complexity index is 120. The van der Waals surface area contributed by atoms with Gasteiger partial charge in [-0.25, -0.2) is 4.39 Å². The molecule has 0 aliphatic carbocycles. The zero-order valence-electron chi connectivity index (χ0n) is 5.43. The maximum atomic E-state index is 12.1. The van der Waals surface area contributed by atoms with Crippen molar-refractivity contribution in [3.8, 4) is 0 Å². The SMILES string of the molecule is CCC(=O)N1CC(F)C1. The Kier molecular flexibility index (Phi) is 1.69. The van der Waals surface area contributed by atoms with Crippen molar-refractivity contribution >= 4 is 5.91 Å². The molecule has 0 aromatic carbocycles. The van der Waals surface area contributed by atoms with Crippen molar-refractivity contribution < 1.29 is 9.18 Å². The van der Waals surface area contributed by atoms with E-state index < -0.39 is 6.17 Å². The molecule has 1 heterocycles. The summed E-state index contributed by atoms with van der Waals surface area (Å²) in [7, 11) is 0. The highest BCUT2D eigenvalue weighted by atomic mass is 19.1. The summed E-state index contributed by atoms with van der Waals surface area (Å²) in [5.74, 6) is 0.0592. The van der Waals surface area contributed by atoms with Gasteiger partial charge in [0, 0.05) is 6.42 Å². The minimum atomic E-state index is -0.763. The predicted octanol–water partition coefficient (Wildman–Crippen LogP) is 0.577. The van der Waals surface area contributed by atoms with Crippen molar-refractivity contribution in [2.45, 2.75) is 19.5 Å². The van der Waals surface area contributed by atoms with E-state index in [2.05, 4.69) is 0 Å². The molecule has 0 N–H and O–H groups in total. The van der Waals surface area contributed by atoms with E-state index in [-0.39, 0.29) is 5.91 Å². The number of carbonyl (C=O) groups excluding carboxylic acids is 1. The molecule has 1 amide bonds. The lowest BCUT2D eigenvalue weighted by Crippen LogP contribution is -2.51. The lowest BCUT2D eigenvalue weighted by atomic mass is 10.2. The van der Waals surface area contributed by atoms with Crippen molar-refractivity contribution in [1.29, 1.82) is 0 Å². The summed E-state index contributed by atoms with van der Waals surface area (Å²) < 4.78 is 12.1. The van der Waals surface area contributed by atoms with Crippen molar-refractivity contribution in [1.82, 2.24) is 4.90 Å². The number of hydrogen-bond donors (Lipinski definition) is 0. The van der Waals surface area contributed by atoms with Gasteiger partial charge >= 0.3 is 0 Å². The molecule has 0 radical (unpaired) electrons. The fourth-order valence-electron chi connectivity index (χ4n) is 0.852. The molecular formula is C6H10FNO. The molecule has 1 rings (SSSR count). The summed E-state index contributed by atoms with van der Waals surface area (Å²) in [4.78, 5) is 12.2. The number of likely N-dealkylation sites (tertiary alicyclic amines) is 1. The number of halogens is 1. The van der Waals surface area contributed by atoms with Crippen molar-refractivity contribution in [2.75, 3.05) is 13.1 Å². The molecule has 3 heteroatoms. The summed E-state index contributed by atoms with van der Waals surface area (Å²) in [6.07, 6.45) is -0.271. The van der Waals surface area contributed by atoms with Gasteiger partial charge in [0.15, 0.2) is 0 Å². The number of amides is 1. The molecule has 0 atom stereocenters. The minimum absolute atomic E-state index is 0.0592. The second-order valence-corrected chi connectivity index (χ2v) is 2.25. The van der Waals surface area contributed by atoms with E-state index in [4.69, 9.17) is 0 Å². The molecule has 0 bridgehead atoms. The van der Waals surface area contributed by atoms with Gasteiger partial charge in [0.1, 0.15) is 6.17 Å². The number of nitrogens with zero attached hydrogens (tertiary/aromatic N) is 1. The highest BCUT2D eigenvalue weighted by Crippen LogP contribution is 2.11. The Morgan fingerprint density at radius 1 is 1.78 bits per heavy atom. The van der Waals surface area contributed by atoms with Gasteiger partial charge in [-0.2, -0.15) is 0 Å². The van der Waals surface area contributed by atoms with Gasteiger partial charge in [-0.15, -0.1) is 0 Å². The van der Waals surface area contributed by atoms with Crippen LogP contribution in [-0.2, 0) is 4.79 Å². The molecule has 52 valence electrons. The zero-order valence-corrected chi connectivity index (χ0v) is 5.43. The van der Waals surface area contributed by atoms with Crippen LogP contribution < -0.4 is 0 Å². The van der Waals surface area contributed by atoms with E-state index >= 15 is 0 Å².